The molecule has 2 N–H and O–H groups in total. The molecule has 0 unspecified atom stereocenters. The summed E-state index contributed by atoms with van der Waals surface area (Å²) in [7, 11) is 0. The van der Waals surface area contributed by atoms with Crippen LogP contribution in [0.5, 0.6) is 5.75 Å². The number of hydrogen-bond acceptors (Lipinski definition) is 3. The standard InChI is InChI=1S/C12H15NO2/c14-8-11-7-10(1-2-12(11)15)9-3-5-13-6-4-9/h1-2,7-9,13,15H,3-6H2. The number of phenolic OH excluding ortho intramolecular Hbond substituents is 1. The summed E-state index contributed by atoms with van der Waals surface area (Å²) in [5, 5.41) is 12.7. The highest BCUT2D eigenvalue weighted by atomic mass is 16.3. The predicted octanol–water partition coefficient (Wildman–Crippen LogP) is 1.67. The summed E-state index contributed by atoms with van der Waals surface area (Å²) in [6.45, 7) is 2.06. The maximum Gasteiger partial charge on any atom is 0.153 e. The van der Waals surface area contributed by atoms with Crippen LogP contribution in [0, 0.1) is 0 Å². The highest BCUT2D eigenvalue weighted by Crippen LogP contribution is 2.28. The molecule has 1 aromatic rings. The molecular weight excluding hydrogens is 190 g/mol. The quantitative estimate of drug-likeness (QED) is 0.722. The van der Waals surface area contributed by atoms with E-state index in [1.165, 1.54) is 0 Å². The smallest absolute Gasteiger partial charge is 0.153 e. The molecule has 1 aliphatic heterocycles. The third-order valence-corrected chi connectivity index (χ3v) is 2.99. The van der Waals surface area contributed by atoms with Crippen LogP contribution in [-0.2, 0) is 0 Å². The van der Waals surface area contributed by atoms with Crippen molar-refractivity contribution in [2.24, 2.45) is 0 Å². The number of aldehydes is 1. The van der Waals surface area contributed by atoms with Gasteiger partial charge >= 0.3 is 0 Å². The summed E-state index contributed by atoms with van der Waals surface area (Å²) in [4.78, 5) is 10.7. The van der Waals surface area contributed by atoms with E-state index in [1.54, 1.807) is 12.1 Å². The summed E-state index contributed by atoms with van der Waals surface area (Å²) < 4.78 is 0. The molecule has 3 heteroatoms. The summed E-state index contributed by atoms with van der Waals surface area (Å²) in [5.74, 6) is 0.591. The van der Waals surface area contributed by atoms with Gasteiger partial charge in [-0.1, -0.05) is 6.07 Å². The van der Waals surface area contributed by atoms with Crippen LogP contribution in [0.4, 0.5) is 0 Å². The van der Waals surface area contributed by atoms with E-state index < -0.39 is 0 Å². The van der Waals surface area contributed by atoms with Gasteiger partial charge in [-0.05, 0) is 49.5 Å². The largest absolute Gasteiger partial charge is 0.507 e. The van der Waals surface area contributed by atoms with E-state index in [0.29, 0.717) is 17.8 Å². The van der Waals surface area contributed by atoms with Gasteiger partial charge in [-0.25, -0.2) is 0 Å². The molecule has 2 rings (SSSR count). The van der Waals surface area contributed by atoms with E-state index in [4.69, 9.17) is 0 Å². The maximum atomic E-state index is 10.7. The summed E-state index contributed by atoms with van der Waals surface area (Å²) in [5.41, 5.74) is 1.56. The van der Waals surface area contributed by atoms with Gasteiger partial charge in [0.1, 0.15) is 5.75 Å². The first-order valence-electron chi connectivity index (χ1n) is 5.30. The van der Waals surface area contributed by atoms with Crippen LogP contribution in [0.25, 0.3) is 0 Å². The van der Waals surface area contributed by atoms with Crippen LogP contribution in [-0.4, -0.2) is 24.5 Å². The fourth-order valence-corrected chi connectivity index (χ4v) is 2.08. The number of benzene rings is 1. The zero-order valence-electron chi connectivity index (χ0n) is 8.57. The number of nitrogens with one attached hydrogen (secondary N) is 1. The Kier molecular flexibility index (Phi) is 3.02. The molecule has 0 spiro atoms. The molecule has 1 saturated heterocycles. The molecule has 0 saturated carbocycles. The molecule has 0 aromatic heterocycles. The van der Waals surface area contributed by atoms with Crippen LogP contribution in [0.1, 0.15) is 34.7 Å². The first kappa shape index (κ1) is 10.2. The van der Waals surface area contributed by atoms with Gasteiger partial charge in [0.05, 0.1) is 5.56 Å². The Morgan fingerprint density at radius 3 is 2.73 bits per heavy atom. The fraction of sp³-hybridized carbons (Fsp3) is 0.417. The number of carbonyl (C=O) groups excluding carboxylic acids is 1. The van der Waals surface area contributed by atoms with Crippen LogP contribution < -0.4 is 5.32 Å². The monoisotopic (exact) mass is 205 g/mol. The van der Waals surface area contributed by atoms with Gasteiger partial charge in [-0.3, -0.25) is 4.79 Å². The Bertz CT molecular complexity index is 357. The molecule has 0 amide bonds. The molecule has 0 radical (unpaired) electrons. The molecule has 1 aliphatic rings. The first-order valence-corrected chi connectivity index (χ1v) is 5.30. The lowest BCUT2D eigenvalue weighted by molar-refractivity contribution is 0.112. The topological polar surface area (TPSA) is 49.3 Å². The van der Waals surface area contributed by atoms with E-state index in [0.717, 1.165) is 31.5 Å². The van der Waals surface area contributed by atoms with E-state index >= 15 is 0 Å². The minimum atomic E-state index is 0.0719. The second-order valence-corrected chi connectivity index (χ2v) is 3.96. The van der Waals surface area contributed by atoms with Gasteiger partial charge in [0.25, 0.3) is 0 Å². The highest BCUT2D eigenvalue weighted by Gasteiger charge is 2.16. The first-order chi connectivity index (χ1) is 7.31. The fourth-order valence-electron chi connectivity index (χ4n) is 2.08. The molecule has 0 bridgehead atoms. The summed E-state index contributed by atoms with van der Waals surface area (Å²) in [6, 6.07) is 5.33. The van der Waals surface area contributed by atoms with Crippen LogP contribution in [0.2, 0.25) is 0 Å². The van der Waals surface area contributed by atoms with Gasteiger partial charge < -0.3 is 10.4 Å². The Labute approximate surface area is 89.1 Å². The zero-order valence-corrected chi connectivity index (χ0v) is 8.57. The SMILES string of the molecule is O=Cc1cc(C2CCNCC2)ccc1O. The second-order valence-electron chi connectivity index (χ2n) is 3.96. The lowest BCUT2D eigenvalue weighted by Gasteiger charge is -2.23. The average molecular weight is 205 g/mol. The van der Waals surface area contributed by atoms with Crippen LogP contribution >= 0.6 is 0 Å². The van der Waals surface area contributed by atoms with Gasteiger partial charge in [-0.2, -0.15) is 0 Å². The Hall–Kier alpha value is -1.35. The lowest BCUT2D eigenvalue weighted by atomic mass is 9.89. The minimum Gasteiger partial charge on any atom is -0.507 e. The molecule has 80 valence electrons. The van der Waals surface area contributed by atoms with Gasteiger partial charge in [0.2, 0.25) is 0 Å². The van der Waals surface area contributed by atoms with Crippen molar-refractivity contribution < 1.29 is 9.90 Å². The Balaban J connectivity index is 2.23. The van der Waals surface area contributed by atoms with E-state index in [9.17, 15) is 9.90 Å². The minimum absolute atomic E-state index is 0.0719. The number of piperidine rings is 1. The third-order valence-electron chi connectivity index (χ3n) is 2.99. The molecule has 1 fully saturated rings. The highest BCUT2D eigenvalue weighted by molar-refractivity contribution is 5.79. The van der Waals surface area contributed by atoms with Crippen molar-refractivity contribution in [3.8, 4) is 5.75 Å². The molecule has 15 heavy (non-hydrogen) atoms. The van der Waals surface area contributed by atoms with E-state index in [2.05, 4.69) is 5.32 Å². The zero-order chi connectivity index (χ0) is 10.7. The lowest BCUT2D eigenvalue weighted by Crippen LogP contribution is -2.26. The Morgan fingerprint density at radius 1 is 1.33 bits per heavy atom. The van der Waals surface area contributed by atoms with E-state index in [1.807, 2.05) is 6.07 Å². The van der Waals surface area contributed by atoms with Crippen molar-refractivity contribution in [3.05, 3.63) is 29.3 Å². The van der Waals surface area contributed by atoms with Crippen molar-refractivity contribution in [2.45, 2.75) is 18.8 Å². The van der Waals surface area contributed by atoms with Crippen molar-refractivity contribution in [1.82, 2.24) is 5.32 Å². The number of aromatic hydroxyl groups is 1. The molecule has 0 aliphatic carbocycles. The summed E-state index contributed by atoms with van der Waals surface area (Å²) >= 11 is 0. The van der Waals surface area contributed by atoms with Crippen molar-refractivity contribution >= 4 is 6.29 Å². The molecule has 0 atom stereocenters. The van der Waals surface area contributed by atoms with Gasteiger partial charge in [0, 0.05) is 0 Å². The number of rotatable bonds is 2. The van der Waals surface area contributed by atoms with Crippen molar-refractivity contribution in [1.29, 1.82) is 0 Å². The second kappa shape index (κ2) is 4.45. The predicted molar refractivity (Wildman–Crippen MR) is 58.3 cm³/mol. The van der Waals surface area contributed by atoms with Crippen LogP contribution in [0.15, 0.2) is 18.2 Å². The molecule has 1 aromatic carbocycles. The van der Waals surface area contributed by atoms with Gasteiger partial charge in [-0.15, -0.1) is 0 Å². The average Bonchev–Trinajstić information content (AvgIpc) is 2.31. The third kappa shape index (κ3) is 2.18. The maximum absolute atomic E-state index is 10.7. The molecule has 1 heterocycles. The Morgan fingerprint density at radius 2 is 2.07 bits per heavy atom. The van der Waals surface area contributed by atoms with Crippen LogP contribution in [0.3, 0.4) is 0 Å². The van der Waals surface area contributed by atoms with Crippen molar-refractivity contribution in [2.75, 3.05) is 13.1 Å². The molecular formula is C12H15NO2. The molecule has 3 nitrogen and oxygen atoms in total. The normalized spacial score (nSPS) is 17.6. The van der Waals surface area contributed by atoms with Crippen molar-refractivity contribution in [3.63, 3.8) is 0 Å². The number of phenols is 1. The summed E-state index contributed by atoms with van der Waals surface area (Å²) in [6.07, 6.45) is 2.91. The van der Waals surface area contributed by atoms with E-state index in [-0.39, 0.29) is 5.75 Å². The number of carbonyl (C=O) groups is 1. The number of hydrogen-bond donors (Lipinski definition) is 2. The van der Waals surface area contributed by atoms with Gasteiger partial charge in [0.15, 0.2) is 6.29 Å².